The monoisotopic (exact) mass is 386 g/mol. The molecule has 4 heteroatoms. The highest BCUT2D eigenvalue weighted by Gasteiger charge is 2.08. The Labute approximate surface area is 166 Å². The van der Waals surface area contributed by atoms with Crippen LogP contribution < -0.4 is 0 Å². The molecule has 1 aliphatic carbocycles. The molecule has 0 saturated carbocycles. The van der Waals surface area contributed by atoms with Crippen molar-refractivity contribution in [3.05, 3.63) is 87.9 Å². The summed E-state index contributed by atoms with van der Waals surface area (Å²) in [5, 5.41) is 2.26. The van der Waals surface area contributed by atoms with E-state index in [0.717, 1.165) is 35.3 Å². The van der Waals surface area contributed by atoms with E-state index in [4.69, 9.17) is 4.98 Å². The predicted molar refractivity (Wildman–Crippen MR) is 117 cm³/mol. The van der Waals surface area contributed by atoms with Crippen LogP contribution in [0.5, 0.6) is 0 Å². The van der Waals surface area contributed by atoms with Crippen molar-refractivity contribution in [3.63, 3.8) is 0 Å². The maximum atomic E-state index is 4.72. The van der Waals surface area contributed by atoms with Crippen LogP contribution in [0.25, 0.3) is 26.5 Å². The normalized spacial score (nSPS) is 16.1. The molecular formula is C23H18N2S2. The molecule has 0 saturated heterocycles. The Morgan fingerprint density at radius 2 is 1.56 bits per heavy atom. The Kier molecular flexibility index (Phi) is 4.44. The van der Waals surface area contributed by atoms with Crippen molar-refractivity contribution >= 4 is 49.2 Å². The number of para-hydroxylation sites is 2. The summed E-state index contributed by atoms with van der Waals surface area (Å²) in [7, 11) is 0. The Hall–Kier alpha value is -2.56. The first-order valence-corrected chi connectivity index (χ1v) is 10.7. The lowest BCUT2D eigenvalue weighted by atomic mass is 10.2. The second kappa shape index (κ2) is 7.22. The van der Waals surface area contributed by atoms with E-state index in [9.17, 15) is 0 Å². The van der Waals surface area contributed by atoms with Crippen molar-refractivity contribution in [3.8, 4) is 0 Å². The van der Waals surface area contributed by atoms with Crippen molar-refractivity contribution in [2.75, 3.05) is 0 Å². The zero-order valence-electron chi connectivity index (χ0n) is 14.8. The molecule has 27 heavy (non-hydrogen) atoms. The highest BCUT2D eigenvalue weighted by molar-refractivity contribution is 7.19. The second-order valence-corrected chi connectivity index (χ2v) is 8.81. The number of benzene rings is 2. The van der Waals surface area contributed by atoms with Crippen molar-refractivity contribution in [1.29, 1.82) is 0 Å². The van der Waals surface area contributed by atoms with Crippen LogP contribution in [0.3, 0.4) is 0 Å². The number of fused-ring (bicyclic) bond motifs is 2. The SMILES string of the molecule is C(=Cc1nc2ccccc2s1)C1=CC(=CCc2nc3ccccc3s2)CC1. The fourth-order valence-electron chi connectivity index (χ4n) is 3.33. The van der Waals surface area contributed by atoms with Gasteiger partial charge < -0.3 is 0 Å². The van der Waals surface area contributed by atoms with Gasteiger partial charge in [-0.05, 0) is 48.8 Å². The molecule has 132 valence electrons. The lowest BCUT2D eigenvalue weighted by molar-refractivity contribution is 1.02. The lowest BCUT2D eigenvalue weighted by Crippen LogP contribution is -1.80. The van der Waals surface area contributed by atoms with Crippen LogP contribution in [-0.2, 0) is 6.42 Å². The molecule has 0 radical (unpaired) electrons. The van der Waals surface area contributed by atoms with Crippen molar-refractivity contribution < 1.29 is 0 Å². The quantitative estimate of drug-likeness (QED) is 0.385. The molecule has 0 aliphatic heterocycles. The van der Waals surface area contributed by atoms with E-state index < -0.39 is 0 Å². The fraction of sp³-hybridized carbons (Fsp3) is 0.130. The molecule has 0 amide bonds. The number of allylic oxidation sites excluding steroid dienone is 5. The first-order chi connectivity index (χ1) is 13.3. The number of thiazole rings is 2. The summed E-state index contributed by atoms with van der Waals surface area (Å²) >= 11 is 3.54. The van der Waals surface area contributed by atoms with Crippen LogP contribution in [0.15, 0.2) is 77.9 Å². The van der Waals surface area contributed by atoms with Gasteiger partial charge >= 0.3 is 0 Å². The van der Waals surface area contributed by atoms with Crippen LogP contribution >= 0.6 is 22.7 Å². The van der Waals surface area contributed by atoms with Crippen LogP contribution in [0.4, 0.5) is 0 Å². The number of hydrogen-bond acceptors (Lipinski definition) is 4. The average molecular weight is 387 g/mol. The number of hydrogen-bond donors (Lipinski definition) is 0. The third kappa shape index (κ3) is 3.64. The van der Waals surface area contributed by atoms with Crippen molar-refractivity contribution in [2.24, 2.45) is 0 Å². The smallest absolute Gasteiger partial charge is 0.117 e. The molecule has 2 aromatic carbocycles. The van der Waals surface area contributed by atoms with E-state index >= 15 is 0 Å². The fourth-order valence-corrected chi connectivity index (χ4v) is 5.13. The van der Waals surface area contributed by atoms with Gasteiger partial charge in [-0.3, -0.25) is 0 Å². The highest BCUT2D eigenvalue weighted by Crippen LogP contribution is 2.28. The first-order valence-electron chi connectivity index (χ1n) is 9.11. The lowest BCUT2D eigenvalue weighted by Gasteiger charge is -1.91. The molecule has 0 N–H and O–H groups in total. The Morgan fingerprint density at radius 3 is 2.33 bits per heavy atom. The van der Waals surface area contributed by atoms with Crippen LogP contribution in [0.2, 0.25) is 0 Å². The number of aromatic nitrogens is 2. The molecule has 0 fully saturated rings. The van der Waals surface area contributed by atoms with Gasteiger partial charge in [0, 0.05) is 6.42 Å². The van der Waals surface area contributed by atoms with Crippen LogP contribution in [0, 0.1) is 0 Å². The zero-order valence-corrected chi connectivity index (χ0v) is 16.4. The van der Waals surface area contributed by atoms with Crippen LogP contribution in [-0.4, -0.2) is 9.97 Å². The topological polar surface area (TPSA) is 25.8 Å². The Morgan fingerprint density at radius 1 is 0.815 bits per heavy atom. The molecule has 5 rings (SSSR count). The largest absolute Gasteiger partial charge is 0.241 e. The van der Waals surface area contributed by atoms with Gasteiger partial charge in [-0.25, -0.2) is 9.97 Å². The van der Waals surface area contributed by atoms with E-state index in [2.05, 4.69) is 65.7 Å². The first kappa shape index (κ1) is 16.6. The summed E-state index contributed by atoms with van der Waals surface area (Å²) in [4.78, 5) is 9.39. The molecule has 0 atom stereocenters. The maximum absolute atomic E-state index is 4.72. The average Bonchev–Trinajstić information content (AvgIpc) is 3.41. The van der Waals surface area contributed by atoms with E-state index in [1.165, 1.54) is 25.6 Å². The minimum atomic E-state index is 0.917. The van der Waals surface area contributed by atoms with E-state index in [-0.39, 0.29) is 0 Å². The zero-order chi connectivity index (χ0) is 18.1. The Balaban J connectivity index is 1.29. The Bertz CT molecular complexity index is 1140. The summed E-state index contributed by atoms with van der Waals surface area (Å²) in [5.41, 5.74) is 4.99. The van der Waals surface area contributed by atoms with Gasteiger partial charge in [-0.2, -0.15) is 0 Å². The minimum Gasteiger partial charge on any atom is -0.241 e. The summed E-state index contributed by atoms with van der Waals surface area (Å²) in [6, 6.07) is 16.7. The van der Waals surface area contributed by atoms with Gasteiger partial charge in [0.15, 0.2) is 0 Å². The molecule has 1 aliphatic rings. The van der Waals surface area contributed by atoms with Gasteiger partial charge in [-0.15, -0.1) is 22.7 Å². The molecule has 2 nitrogen and oxygen atoms in total. The predicted octanol–water partition coefficient (Wildman–Crippen LogP) is 6.81. The molecule has 0 unspecified atom stereocenters. The van der Waals surface area contributed by atoms with E-state index in [1.54, 1.807) is 22.7 Å². The summed E-state index contributed by atoms with van der Waals surface area (Å²) in [6.45, 7) is 0. The van der Waals surface area contributed by atoms with E-state index in [1.807, 2.05) is 12.1 Å². The number of nitrogens with zero attached hydrogens (tertiary/aromatic N) is 2. The van der Waals surface area contributed by atoms with Crippen molar-refractivity contribution in [2.45, 2.75) is 19.3 Å². The third-order valence-electron chi connectivity index (χ3n) is 4.70. The van der Waals surface area contributed by atoms with Gasteiger partial charge in [0.05, 0.1) is 25.4 Å². The molecule has 0 spiro atoms. The van der Waals surface area contributed by atoms with Gasteiger partial charge in [0.2, 0.25) is 0 Å². The van der Waals surface area contributed by atoms with E-state index in [0.29, 0.717) is 0 Å². The minimum absolute atomic E-state index is 0.917. The molecule has 4 aromatic rings. The standard InChI is InChI=1S/C23H18N2S2/c1-3-7-20-18(5-1)24-22(26-20)13-11-16-9-10-17(15-16)12-14-23-25-19-6-2-4-8-21(19)27-23/h1-8,11-13,15H,9-10,14H2. The molecular weight excluding hydrogens is 368 g/mol. The molecule has 2 heterocycles. The van der Waals surface area contributed by atoms with Gasteiger partial charge in [-0.1, -0.05) is 48.1 Å². The van der Waals surface area contributed by atoms with Gasteiger partial charge in [0.1, 0.15) is 5.01 Å². The summed E-state index contributed by atoms with van der Waals surface area (Å²) in [5.74, 6) is 0. The summed E-state index contributed by atoms with van der Waals surface area (Å²) < 4.78 is 2.52. The van der Waals surface area contributed by atoms with Gasteiger partial charge in [0.25, 0.3) is 0 Å². The van der Waals surface area contributed by atoms with Crippen molar-refractivity contribution in [1.82, 2.24) is 9.97 Å². The molecule has 0 bridgehead atoms. The number of rotatable bonds is 4. The highest BCUT2D eigenvalue weighted by atomic mass is 32.1. The molecule has 2 aromatic heterocycles. The second-order valence-electron chi connectivity index (χ2n) is 6.63. The van der Waals surface area contributed by atoms with Crippen LogP contribution in [0.1, 0.15) is 22.9 Å². The summed E-state index contributed by atoms with van der Waals surface area (Å²) in [6.07, 6.45) is 12.1. The maximum Gasteiger partial charge on any atom is 0.117 e. The third-order valence-corrected chi connectivity index (χ3v) is 6.76.